The molecule has 0 fully saturated rings. The van der Waals surface area contributed by atoms with Gasteiger partial charge in [0.15, 0.2) is 10.7 Å². The Bertz CT molecular complexity index is 1610. The maximum absolute atomic E-state index is 13.0. The molecule has 0 unspecified atom stereocenters. The number of carbonyl (C=O) groups is 1. The number of hydrogen-bond acceptors (Lipinski definition) is 4. The number of fused-ring (bicyclic) bond motifs is 2. The van der Waals surface area contributed by atoms with E-state index < -0.39 is 0 Å². The Balaban J connectivity index is 1.37. The lowest BCUT2D eigenvalue weighted by atomic mass is 10.0. The number of hydrogen-bond donors (Lipinski definition) is 2. The average Bonchev–Trinajstić information content (AvgIpc) is 3.28. The molecule has 0 saturated heterocycles. The number of benzene rings is 4. The molecule has 5 nitrogen and oxygen atoms in total. The van der Waals surface area contributed by atoms with Gasteiger partial charge in [-0.2, -0.15) is 0 Å². The second-order valence-corrected chi connectivity index (χ2v) is 9.07. The molecular weight excluding hydrogens is 478 g/mol. The van der Waals surface area contributed by atoms with Crippen molar-refractivity contribution < 1.29 is 9.21 Å². The standard InChI is InChI=1S/C28H22ClN3O2S/c1-3-17-11-13-25-24(14-17)30-27(34-25)18-12-10-16(2)23(15-18)31-28(35)32-26(33)21-8-4-7-20-19(21)6-5-9-22(20)29/h4-15H,3H2,1-2H3,(H2,31,32,33,35). The quantitative estimate of drug-likeness (QED) is 0.254. The van der Waals surface area contributed by atoms with Crippen LogP contribution in [0, 0.1) is 6.92 Å². The lowest BCUT2D eigenvalue weighted by Crippen LogP contribution is -2.34. The molecule has 1 amide bonds. The molecule has 1 aromatic heterocycles. The van der Waals surface area contributed by atoms with E-state index in [4.69, 9.17) is 28.2 Å². The monoisotopic (exact) mass is 499 g/mol. The normalized spacial score (nSPS) is 11.1. The first kappa shape index (κ1) is 23.0. The number of nitrogens with one attached hydrogen (secondary N) is 2. The zero-order chi connectivity index (χ0) is 24.5. The minimum absolute atomic E-state index is 0.194. The van der Waals surface area contributed by atoms with Crippen LogP contribution in [0.4, 0.5) is 5.69 Å². The molecule has 0 saturated carbocycles. The van der Waals surface area contributed by atoms with Crippen molar-refractivity contribution in [1.29, 1.82) is 0 Å². The number of oxazole rings is 1. The summed E-state index contributed by atoms with van der Waals surface area (Å²) >= 11 is 11.7. The van der Waals surface area contributed by atoms with E-state index in [0.717, 1.165) is 45.1 Å². The number of nitrogens with zero attached hydrogens (tertiary/aromatic N) is 1. The number of carbonyl (C=O) groups excluding carboxylic acids is 1. The molecule has 0 radical (unpaired) electrons. The van der Waals surface area contributed by atoms with Crippen molar-refractivity contribution >= 4 is 62.4 Å². The van der Waals surface area contributed by atoms with Gasteiger partial charge in [-0.3, -0.25) is 10.1 Å². The van der Waals surface area contributed by atoms with Crippen LogP contribution in [0.3, 0.4) is 0 Å². The van der Waals surface area contributed by atoms with E-state index in [1.807, 2.05) is 61.5 Å². The van der Waals surface area contributed by atoms with Crippen molar-refractivity contribution in [2.75, 3.05) is 5.32 Å². The summed E-state index contributed by atoms with van der Waals surface area (Å²) in [6, 6.07) is 22.8. The molecule has 174 valence electrons. The first-order valence-electron chi connectivity index (χ1n) is 11.2. The highest BCUT2D eigenvalue weighted by molar-refractivity contribution is 7.80. The number of halogens is 1. The highest BCUT2D eigenvalue weighted by Crippen LogP contribution is 2.29. The smallest absolute Gasteiger partial charge is 0.258 e. The van der Waals surface area contributed by atoms with Crippen molar-refractivity contribution in [3.8, 4) is 11.5 Å². The van der Waals surface area contributed by atoms with E-state index in [9.17, 15) is 4.79 Å². The van der Waals surface area contributed by atoms with Crippen LogP contribution in [0.1, 0.15) is 28.4 Å². The molecule has 4 aromatic carbocycles. The van der Waals surface area contributed by atoms with Crippen LogP contribution >= 0.6 is 23.8 Å². The Labute approximate surface area is 213 Å². The molecule has 7 heteroatoms. The van der Waals surface area contributed by atoms with Crippen molar-refractivity contribution in [2.24, 2.45) is 0 Å². The van der Waals surface area contributed by atoms with E-state index in [0.29, 0.717) is 16.5 Å². The van der Waals surface area contributed by atoms with Gasteiger partial charge in [0, 0.05) is 27.2 Å². The molecular formula is C28H22ClN3O2S. The summed E-state index contributed by atoms with van der Waals surface area (Å²) in [7, 11) is 0. The van der Waals surface area contributed by atoms with Crippen LogP contribution in [0.15, 0.2) is 77.2 Å². The fraction of sp³-hybridized carbons (Fsp3) is 0.107. The number of aromatic nitrogens is 1. The van der Waals surface area contributed by atoms with Crippen LogP contribution < -0.4 is 10.6 Å². The molecule has 0 aliphatic carbocycles. The number of rotatable bonds is 4. The van der Waals surface area contributed by atoms with E-state index in [1.54, 1.807) is 18.2 Å². The summed E-state index contributed by atoms with van der Waals surface area (Å²) in [5.74, 6) is 0.216. The Morgan fingerprint density at radius 1 is 1.03 bits per heavy atom. The van der Waals surface area contributed by atoms with Gasteiger partial charge in [-0.05, 0) is 78.5 Å². The highest BCUT2D eigenvalue weighted by atomic mass is 35.5. The van der Waals surface area contributed by atoms with Gasteiger partial charge in [0.2, 0.25) is 5.89 Å². The van der Waals surface area contributed by atoms with E-state index in [-0.39, 0.29) is 11.0 Å². The van der Waals surface area contributed by atoms with Crippen LogP contribution in [0.2, 0.25) is 5.02 Å². The minimum Gasteiger partial charge on any atom is -0.436 e. The van der Waals surface area contributed by atoms with Crippen LogP contribution in [0.25, 0.3) is 33.3 Å². The van der Waals surface area contributed by atoms with Gasteiger partial charge in [0.25, 0.3) is 5.91 Å². The van der Waals surface area contributed by atoms with Gasteiger partial charge in [0.05, 0.1) is 0 Å². The van der Waals surface area contributed by atoms with Gasteiger partial charge in [-0.25, -0.2) is 4.98 Å². The molecule has 0 aliphatic rings. The predicted octanol–water partition coefficient (Wildman–Crippen LogP) is 7.30. The summed E-state index contributed by atoms with van der Waals surface area (Å²) in [5.41, 5.74) is 5.80. The number of anilines is 1. The SMILES string of the molecule is CCc1ccc2oc(-c3ccc(C)c(NC(=S)NC(=O)c4cccc5c(Cl)cccc45)c3)nc2c1. The van der Waals surface area contributed by atoms with Gasteiger partial charge in [-0.1, -0.05) is 54.9 Å². The molecule has 5 rings (SSSR count). The Kier molecular flexibility index (Phi) is 6.24. The van der Waals surface area contributed by atoms with Crippen LogP contribution in [0.5, 0.6) is 0 Å². The van der Waals surface area contributed by atoms with Crippen molar-refractivity contribution in [2.45, 2.75) is 20.3 Å². The molecule has 0 spiro atoms. The van der Waals surface area contributed by atoms with Crippen LogP contribution in [-0.2, 0) is 6.42 Å². The summed E-state index contributed by atoms with van der Waals surface area (Å²) in [5, 5.41) is 8.28. The van der Waals surface area contributed by atoms with Gasteiger partial charge < -0.3 is 9.73 Å². The second kappa shape index (κ2) is 9.49. The topological polar surface area (TPSA) is 67.2 Å². The van der Waals surface area contributed by atoms with Gasteiger partial charge >= 0.3 is 0 Å². The third-order valence-corrected chi connectivity index (χ3v) is 6.47. The lowest BCUT2D eigenvalue weighted by molar-refractivity contribution is 0.0979. The summed E-state index contributed by atoms with van der Waals surface area (Å²) < 4.78 is 5.97. The zero-order valence-electron chi connectivity index (χ0n) is 19.2. The van der Waals surface area contributed by atoms with E-state index >= 15 is 0 Å². The molecule has 0 bridgehead atoms. The van der Waals surface area contributed by atoms with Crippen LogP contribution in [-0.4, -0.2) is 16.0 Å². The van der Waals surface area contributed by atoms with Crippen molar-refractivity contribution in [1.82, 2.24) is 10.3 Å². The molecule has 5 aromatic rings. The summed E-state index contributed by atoms with van der Waals surface area (Å²) in [4.78, 5) is 17.6. The zero-order valence-corrected chi connectivity index (χ0v) is 20.8. The molecule has 0 aliphatic heterocycles. The van der Waals surface area contributed by atoms with Gasteiger partial charge in [-0.15, -0.1) is 0 Å². The fourth-order valence-electron chi connectivity index (χ4n) is 4.00. The van der Waals surface area contributed by atoms with Gasteiger partial charge in [0.1, 0.15) is 5.52 Å². The van der Waals surface area contributed by atoms with Crippen molar-refractivity contribution in [3.63, 3.8) is 0 Å². The number of thiocarbonyl (C=S) groups is 1. The predicted molar refractivity (Wildman–Crippen MR) is 146 cm³/mol. The highest BCUT2D eigenvalue weighted by Gasteiger charge is 2.15. The van der Waals surface area contributed by atoms with Crippen molar-refractivity contribution in [3.05, 3.63) is 94.5 Å². The molecule has 2 N–H and O–H groups in total. The third-order valence-electron chi connectivity index (χ3n) is 5.93. The first-order chi connectivity index (χ1) is 16.9. The Morgan fingerprint density at radius 2 is 1.83 bits per heavy atom. The number of aryl methyl sites for hydroxylation is 2. The van der Waals surface area contributed by atoms with E-state index in [2.05, 4.69) is 22.5 Å². The molecule has 35 heavy (non-hydrogen) atoms. The number of amides is 1. The largest absolute Gasteiger partial charge is 0.436 e. The molecule has 0 atom stereocenters. The average molecular weight is 500 g/mol. The molecule has 1 heterocycles. The maximum atomic E-state index is 13.0. The third kappa shape index (κ3) is 4.63. The maximum Gasteiger partial charge on any atom is 0.258 e. The minimum atomic E-state index is -0.310. The summed E-state index contributed by atoms with van der Waals surface area (Å²) in [6.45, 7) is 4.07. The van der Waals surface area contributed by atoms with E-state index in [1.165, 1.54) is 5.56 Å². The Hall–Kier alpha value is -3.74. The fourth-order valence-corrected chi connectivity index (χ4v) is 4.44. The first-order valence-corrected chi connectivity index (χ1v) is 12.0. The Morgan fingerprint density at radius 3 is 2.66 bits per heavy atom. The summed E-state index contributed by atoms with van der Waals surface area (Å²) in [6.07, 6.45) is 0.936. The second-order valence-electron chi connectivity index (χ2n) is 8.25. The lowest BCUT2D eigenvalue weighted by Gasteiger charge is -2.13.